The van der Waals surface area contributed by atoms with Gasteiger partial charge >= 0.3 is 0 Å². The van der Waals surface area contributed by atoms with E-state index in [-0.39, 0.29) is 12.1 Å². The van der Waals surface area contributed by atoms with E-state index >= 15 is 0 Å². The predicted molar refractivity (Wildman–Crippen MR) is 75.5 cm³/mol. The molecule has 19 heavy (non-hydrogen) atoms. The number of pyridine rings is 1. The van der Waals surface area contributed by atoms with Crippen LogP contribution in [0.2, 0.25) is 0 Å². The number of rotatable bonds is 6. The Morgan fingerprint density at radius 2 is 2.32 bits per heavy atom. The van der Waals surface area contributed by atoms with E-state index in [2.05, 4.69) is 22.2 Å². The summed E-state index contributed by atoms with van der Waals surface area (Å²) in [6.07, 6.45) is 5.82. The minimum absolute atomic E-state index is 0.141. The van der Waals surface area contributed by atoms with Gasteiger partial charge in [0, 0.05) is 25.5 Å². The molecule has 1 aliphatic heterocycles. The largest absolute Gasteiger partial charge is 0.374 e. The number of hydrogen-bond acceptors (Lipinski definition) is 5. The molecule has 106 valence electrons. The second-order valence-corrected chi connectivity index (χ2v) is 5.04. The number of nitrogens with one attached hydrogen (secondary N) is 1. The molecule has 1 aromatic rings. The SMILES string of the molecule is CCCN1CCOC(C(Cc2ccncc2)NN)C1. The summed E-state index contributed by atoms with van der Waals surface area (Å²) in [5.74, 6) is 5.71. The van der Waals surface area contributed by atoms with Crippen LogP contribution in [0.15, 0.2) is 24.5 Å². The fourth-order valence-electron chi connectivity index (χ4n) is 2.56. The first kappa shape index (κ1) is 14.4. The van der Waals surface area contributed by atoms with Crippen LogP contribution in [0.3, 0.4) is 0 Å². The van der Waals surface area contributed by atoms with Gasteiger partial charge in [0.1, 0.15) is 0 Å². The van der Waals surface area contributed by atoms with Crippen LogP contribution in [-0.2, 0) is 11.2 Å². The fraction of sp³-hybridized carbons (Fsp3) is 0.643. The summed E-state index contributed by atoms with van der Waals surface area (Å²) in [6, 6.07) is 4.19. The maximum absolute atomic E-state index is 5.88. The number of hydrogen-bond donors (Lipinski definition) is 2. The summed E-state index contributed by atoms with van der Waals surface area (Å²) in [5, 5.41) is 0. The number of nitrogens with two attached hydrogens (primary N) is 1. The third kappa shape index (κ3) is 4.24. The molecule has 0 saturated carbocycles. The molecule has 1 aromatic heterocycles. The Balaban J connectivity index is 1.93. The lowest BCUT2D eigenvalue weighted by atomic mass is 10.0. The zero-order valence-electron chi connectivity index (χ0n) is 11.6. The van der Waals surface area contributed by atoms with Crippen LogP contribution in [0.4, 0.5) is 0 Å². The second-order valence-electron chi connectivity index (χ2n) is 5.04. The van der Waals surface area contributed by atoms with E-state index in [1.165, 1.54) is 12.0 Å². The first-order chi connectivity index (χ1) is 9.33. The molecule has 1 fully saturated rings. The van der Waals surface area contributed by atoms with Gasteiger partial charge in [0.2, 0.25) is 0 Å². The van der Waals surface area contributed by atoms with Gasteiger partial charge in [-0.25, -0.2) is 0 Å². The highest BCUT2D eigenvalue weighted by atomic mass is 16.5. The Hall–Kier alpha value is -1.01. The van der Waals surface area contributed by atoms with Crippen molar-refractivity contribution in [3.63, 3.8) is 0 Å². The van der Waals surface area contributed by atoms with E-state index in [0.29, 0.717) is 0 Å². The quantitative estimate of drug-likeness (QED) is 0.581. The molecule has 2 heterocycles. The molecule has 2 atom stereocenters. The van der Waals surface area contributed by atoms with Gasteiger partial charge in [0.25, 0.3) is 0 Å². The normalized spacial score (nSPS) is 22.3. The highest BCUT2D eigenvalue weighted by Gasteiger charge is 2.27. The molecule has 0 aromatic carbocycles. The number of hydrazine groups is 1. The molecule has 3 N–H and O–H groups in total. The predicted octanol–water partition coefficient (Wildman–Crippen LogP) is 0.567. The molecule has 2 unspecified atom stereocenters. The van der Waals surface area contributed by atoms with Crippen molar-refractivity contribution in [3.8, 4) is 0 Å². The number of ether oxygens (including phenoxy) is 1. The average molecular weight is 264 g/mol. The molecule has 0 aliphatic carbocycles. The first-order valence-electron chi connectivity index (χ1n) is 7.02. The number of aromatic nitrogens is 1. The summed E-state index contributed by atoms with van der Waals surface area (Å²) < 4.78 is 5.88. The number of morpholine rings is 1. The van der Waals surface area contributed by atoms with E-state index in [1.54, 1.807) is 0 Å². The van der Waals surface area contributed by atoms with E-state index < -0.39 is 0 Å². The van der Waals surface area contributed by atoms with E-state index in [0.717, 1.165) is 32.7 Å². The van der Waals surface area contributed by atoms with Crippen LogP contribution >= 0.6 is 0 Å². The number of nitrogens with zero attached hydrogens (tertiary/aromatic N) is 2. The maximum atomic E-state index is 5.88. The van der Waals surface area contributed by atoms with Crippen molar-refractivity contribution in [2.24, 2.45) is 5.84 Å². The standard InChI is InChI=1S/C14H24N4O/c1-2-7-18-8-9-19-14(11-18)13(17-15)10-12-3-5-16-6-4-12/h3-6,13-14,17H,2,7-11,15H2,1H3. The highest BCUT2D eigenvalue weighted by Crippen LogP contribution is 2.13. The Morgan fingerprint density at radius 1 is 1.53 bits per heavy atom. The van der Waals surface area contributed by atoms with Crippen LogP contribution < -0.4 is 11.3 Å². The van der Waals surface area contributed by atoms with Crippen molar-refractivity contribution < 1.29 is 4.74 Å². The zero-order chi connectivity index (χ0) is 13.5. The van der Waals surface area contributed by atoms with Gasteiger partial charge in [-0.15, -0.1) is 0 Å². The molecule has 0 amide bonds. The molecule has 2 rings (SSSR count). The van der Waals surface area contributed by atoms with Crippen molar-refractivity contribution >= 4 is 0 Å². The molecule has 0 spiro atoms. The molecule has 1 saturated heterocycles. The van der Waals surface area contributed by atoms with Crippen molar-refractivity contribution in [3.05, 3.63) is 30.1 Å². The van der Waals surface area contributed by atoms with Crippen LogP contribution in [-0.4, -0.2) is 48.3 Å². The van der Waals surface area contributed by atoms with Gasteiger partial charge in [-0.1, -0.05) is 6.92 Å². The zero-order valence-corrected chi connectivity index (χ0v) is 11.6. The Labute approximate surface area is 115 Å². The van der Waals surface area contributed by atoms with Gasteiger partial charge in [-0.05, 0) is 37.1 Å². The van der Waals surface area contributed by atoms with Gasteiger partial charge in [-0.2, -0.15) is 0 Å². The van der Waals surface area contributed by atoms with E-state index in [1.807, 2.05) is 24.5 Å². The Kier molecular flexibility index (Phi) is 5.72. The van der Waals surface area contributed by atoms with Gasteiger partial charge in [0.15, 0.2) is 0 Å². The van der Waals surface area contributed by atoms with Gasteiger partial charge in [-0.3, -0.25) is 21.2 Å². The smallest absolute Gasteiger partial charge is 0.0871 e. The van der Waals surface area contributed by atoms with Crippen LogP contribution in [0, 0.1) is 0 Å². The van der Waals surface area contributed by atoms with Crippen molar-refractivity contribution in [2.45, 2.75) is 31.9 Å². The second kappa shape index (κ2) is 7.55. The molecule has 5 nitrogen and oxygen atoms in total. The lowest BCUT2D eigenvalue weighted by Crippen LogP contribution is -2.54. The lowest BCUT2D eigenvalue weighted by molar-refractivity contribution is -0.0462. The summed E-state index contributed by atoms with van der Waals surface area (Å²) in [5.41, 5.74) is 4.14. The van der Waals surface area contributed by atoms with E-state index in [4.69, 9.17) is 10.6 Å². The maximum Gasteiger partial charge on any atom is 0.0871 e. The average Bonchev–Trinajstić information content (AvgIpc) is 2.46. The summed E-state index contributed by atoms with van der Waals surface area (Å²) in [6.45, 7) is 6.11. The van der Waals surface area contributed by atoms with E-state index in [9.17, 15) is 0 Å². The Morgan fingerprint density at radius 3 is 3.00 bits per heavy atom. The summed E-state index contributed by atoms with van der Waals surface area (Å²) in [7, 11) is 0. The molecule has 1 aliphatic rings. The molecule has 0 radical (unpaired) electrons. The summed E-state index contributed by atoms with van der Waals surface area (Å²) in [4.78, 5) is 6.49. The molecular weight excluding hydrogens is 240 g/mol. The first-order valence-corrected chi connectivity index (χ1v) is 7.02. The van der Waals surface area contributed by atoms with Crippen molar-refractivity contribution in [2.75, 3.05) is 26.2 Å². The highest BCUT2D eigenvalue weighted by molar-refractivity contribution is 5.12. The third-order valence-corrected chi connectivity index (χ3v) is 3.59. The minimum atomic E-state index is 0.141. The third-order valence-electron chi connectivity index (χ3n) is 3.59. The van der Waals surface area contributed by atoms with Crippen molar-refractivity contribution in [1.29, 1.82) is 0 Å². The minimum Gasteiger partial charge on any atom is -0.374 e. The Bertz CT molecular complexity index is 358. The topological polar surface area (TPSA) is 63.4 Å². The monoisotopic (exact) mass is 264 g/mol. The van der Waals surface area contributed by atoms with Crippen LogP contribution in [0.5, 0.6) is 0 Å². The lowest BCUT2D eigenvalue weighted by Gasteiger charge is -2.36. The van der Waals surface area contributed by atoms with Crippen molar-refractivity contribution in [1.82, 2.24) is 15.3 Å². The van der Waals surface area contributed by atoms with Crippen LogP contribution in [0.25, 0.3) is 0 Å². The molecular formula is C14H24N4O. The fourth-order valence-corrected chi connectivity index (χ4v) is 2.56. The van der Waals surface area contributed by atoms with Gasteiger partial charge < -0.3 is 4.74 Å². The molecule has 0 bridgehead atoms. The molecule has 5 heteroatoms. The van der Waals surface area contributed by atoms with Crippen LogP contribution in [0.1, 0.15) is 18.9 Å². The van der Waals surface area contributed by atoms with Gasteiger partial charge in [0.05, 0.1) is 18.8 Å². The summed E-state index contributed by atoms with van der Waals surface area (Å²) >= 11 is 0.